The van der Waals surface area contributed by atoms with Crippen molar-refractivity contribution in [3.8, 4) is 11.5 Å². The van der Waals surface area contributed by atoms with Gasteiger partial charge in [0.25, 0.3) is 0 Å². The van der Waals surface area contributed by atoms with Crippen LogP contribution in [0.2, 0.25) is 0 Å². The van der Waals surface area contributed by atoms with Gasteiger partial charge in [-0.15, -0.1) is 24.0 Å². The van der Waals surface area contributed by atoms with E-state index in [4.69, 9.17) is 9.47 Å². The lowest BCUT2D eigenvalue weighted by Gasteiger charge is -2.27. The maximum atomic E-state index is 5.47. The molecular formula is C17H26IN3O2. The Hall–Kier alpha value is -1.18. The first-order valence-electron chi connectivity index (χ1n) is 7.93. The number of ether oxygens (including phenoxy) is 2. The lowest BCUT2D eigenvalue weighted by Crippen LogP contribution is -2.44. The molecule has 0 radical (unpaired) electrons. The lowest BCUT2D eigenvalue weighted by molar-refractivity contribution is 0.174. The Labute approximate surface area is 155 Å². The van der Waals surface area contributed by atoms with Gasteiger partial charge in [0.15, 0.2) is 17.5 Å². The number of rotatable bonds is 5. The Morgan fingerprint density at radius 2 is 1.96 bits per heavy atom. The Kier molecular flexibility index (Phi) is 6.00. The Morgan fingerprint density at radius 3 is 2.65 bits per heavy atom. The minimum atomic E-state index is -0.0296. The second-order valence-electron chi connectivity index (χ2n) is 6.70. The van der Waals surface area contributed by atoms with E-state index >= 15 is 0 Å². The van der Waals surface area contributed by atoms with Crippen LogP contribution in [0, 0.1) is 5.92 Å². The summed E-state index contributed by atoms with van der Waals surface area (Å²) >= 11 is 0. The fourth-order valence-corrected chi connectivity index (χ4v) is 2.51. The van der Waals surface area contributed by atoms with Crippen molar-refractivity contribution in [2.45, 2.75) is 32.1 Å². The van der Waals surface area contributed by atoms with Gasteiger partial charge < -0.3 is 20.1 Å². The topological polar surface area (TPSA) is 54.9 Å². The Balaban J connectivity index is 0.00000192. The minimum absolute atomic E-state index is 0. The van der Waals surface area contributed by atoms with Crippen molar-refractivity contribution in [3.63, 3.8) is 0 Å². The van der Waals surface area contributed by atoms with E-state index in [-0.39, 0.29) is 29.4 Å². The van der Waals surface area contributed by atoms with Crippen molar-refractivity contribution >= 4 is 29.9 Å². The van der Waals surface area contributed by atoms with Crippen LogP contribution < -0.4 is 20.1 Å². The number of halogens is 1. The highest BCUT2D eigenvalue weighted by molar-refractivity contribution is 14.0. The minimum Gasteiger partial charge on any atom is -0.454 e. The number of benzene rings is 1. The quantitative estimate of drug-likeness (QED) is 0.428. The van der Waals surface area contributed by atoms with E-state index < -0.39 is 0 Å². The van der Waals surface area contributed by atoms with E-state index in [0.717, 1.165) is 36.5 Å². The van der Waals surface area contributed by atoms with Gasteiger partial charge in [-0.3, -0.25) is 4.99 Å². The number of hydrogen-bond donors (Lipinski definition) is 2. The number of fused-ring (bicyclic) bond motifs is 1. The van der Waals surface area contributed by atoms with Crippen LogP contribution in [0.15, 0.2) is 23.2 Å². The van der Waals surface area contributed by atoms with Crippen molar-refractivity contribution in [3.05, 3.63) is 23.8 Å². The van der Waals surface area contributed by atoms with Crippen LogP contribution in [0.25, 0.3) is 0 Å². The van der Waals surface area contributed by atoms with Crippen LogP contribution in [-0.4, -0.2) is 32.9 Å². The molecule has 23 heavy (non-hydrogen) atoms. The fraction of sp³-hybridized carbons (Fsp3) is 0.588. The molecule has 1 aromatic carbocycles. The zero-order valence-electron chi connectivity index (χ0n) is 14.0. The van der Waals surface area contributed by atoms with Gasteiger partial charge in [0, 0.05) is 25.6 Å². The van der Waals surface area contributed by atoms with Gasteiger partial charge in [0.05, 0.1) is 0 Å². The summed E-state index contributed by atoms with van der Waals surface area (Å²) in [6.45, 7) is 6.56. The highest BCUT2D eigenvalue weighted by Gasteiger charge is 2.25. The molecule has 5 nitrogen and oxygen atoms in total. The highest BCUT2D eigenvalue weighted by atomic mass is 127. The lowest BCUT2D eigenvalue weighted by atomic mass is 9.84. The number of aliphatic imine (C=N–C) groups is 1. The second kappa shape index (κ2) is 7.59. The van der Waals surface area contributed by atoms with Crippen molar-refractivity contribution in [1.29, 1.82) is 0 Å². The van der Waals surface area contributed by atoms with Crippen LogP contribution >= 0.6 is 24.0 Å². The van der Waals surface area contributed by atoms with Crippen LogP contribution in [0.3, 0.4) is 0 Å². The summed E-state index contributed by atoms with van der Waals surface area (Å²) in [7, 11) is 1.82. The van der Waals surface area contributed by atoms with E-state index in [9.17, 15) is 0 Å². The molecule has 1 aliphatic heterocycles. The third-order valence-corrected chi connectivity index (χ3v) is 4.33. The van der Waals surface area contributed by atoms with Gasteiger partial charge in [0.1, 0.15) is 0 Å². The van der Waals surface area contributed by atoms with Crippen molar-refractivity contribution in [1.82, 2.24) is 10.6 Å². The van der Waals surface area contributed by atoms with Gasteiger partial charge in [-0.05, 0) is 36.5 Å². The zero-order valence-corrected chi connectivity index (χ0v) is 16.3. The molecule has 1 saturated carbocycles. The number of nitrogens with zero attached hydrogens (tertiary/aromatic N) is 1. The van der Waals surface area contributed by atoms with E-state index in [1.807, 2.05) is 13.1 Å². The standard InChI is InChI=1S/C17H25N3O2.HI/c1-17(2,10-20-16(18-3)19-9-12-4-5-12)13-6-7-14-15(8-13)22-11-21-14;/h6-8,12H,4-5,9-11H2,1-3H3,(H2,18,19,20);1H. The predicted octanol–water partition coefficient (Wildman–Crippen LogP) is 2.89. The monoisotopic (exact) mass is 431 g/mol. The largest absolute Gasteiger partial charge is 0.454 e. The third-order valence-electron chi connectivity index (χ3n) is 4.33. The predicted molar refractivity (Wildman–Crippen MR) is 103 cm³/mol. The molecule has 0 saturated heterocycles. The van der Waals surface area contributed by atoms with Gasteiger partial charge in [0.2, 0.25) is 6.79 Å². The molecule has 128 valence electrons. The average molecular weight is 431 g/mol. The zero-order chi connectivity index (χ0) is 15.6. The summed E-state index contributed by atoms with van der Waals surface area (Å²) in [6.07, 6.45) is 2.68. The van der Waals surface area contributed by atoms with Crippen molar-refractivity contribution in [2.75, 3.05) is 26.9 Å². The molecule has 1 fully saturated rings. The summed E-state index contributed by atoms with van der Waals surface area (Å²) in [4.78, 5) is 4.29. The molecule has 6 heteroatoms. The SMILES string of the molecule is CN=C(NCC1CC1)NCC(C)(C)c1ccc2c(c1)OCO2.I. The molecule has 0 aromatic heterocycles. The molecule has 0 unspecified atom stereocenters. The number of guanidine groups is 1. The first-order chi connectivity index (χ1) is 10.6. The van der Waals surface area contributed by atoms with E-state index in [2.05, 4.69) is 41.6 Å². The van der Waals surface area contributed by atoms with Gasteiger partial charge in [-0.2, -0.15) is 0 Å². The van der Waals surface area contributed by atoms with Crippen molar-refractivity contribution in [2.24, 2.45) is 10.9 Å². The fourth-order valence-electron chi connectivity index (χ4n) is 2.51. The normalized spacial score (nSPS) is 16.7. The number of hydrogen-bond acceptors (Lipinski definition) is 3. The summed E-state index contributed by atoms with van der Waals surface area (Å²) < 4.78 is 10.8. The summed E-state index contributed by atoms with van der Waals surface area (Å²) in [6, 6.07) is 6.17. The number of nitrogens with one attached hydrogen (secondary N) is 2. The highest BCUT2D eigenvalue weighted by Crippen LogP contribution is 2.36. The smallest absolute Gasteiger partial charge is 0.231 e. The van der Waals surface area contributed by atoms with E-state index in [1.54, 1.807) is 0 Å². The molecule has 1 heterocycles. The summed E-state index contributed by atoms with van der Waals surface area (Å²) in [5.41, 5.74) is 1.19. The molecule has 1 aliphatic carbocycles. The van der Waals surface area contributed by atoms with Crippen LogP contribution in [0.5, 0.6) is 11.5 Å². The van der Waals surface area contributed by atoms with E-state index in [1.165, 1.54) is 18.4 Å². The summed E-state index contributed by atoms with van der Waals surface area (Å²) in [5.74, 6) is 3.37. The Morgan fingerprint density at radius 1 is 1.22 bits per heavy atom. The molecular weight excluding hydrogens is 405 g/mol. The van der Waals surface area contributed by atoms with Crippen LogP contribution in [-0.2, 0) is 5.41 Å². The first-order valence-corrected chi connectivity index (χ1v) is 7.93. The molecule has 1 aromatic rings. The maximum absolute atomic E-state index is 5.47. The van der Waals surface area contributed by atoms with Gasteiger partial charge in [-0.25, -0.2) is 0 Å². The molecule has 0 atom stereocenters. The molecule has 2 aliphatic rings. The van der Waals surface area contributed by atoms with Gasteiger partial charge in [-0.1, -0.05) is 19.9 Å². The first kappa shape index (κ1) is 18.2. The van der Waals surface area contributed by atoms with Crippen LogP contribution in [0.4, 0.5) is 0 Å². The second-order valence-corrected chi connectivity index (χ2v) is 6.70. The van der Waals surface area contributed by atoms with Gasteiger partial charge >= 0.3 is 0 Å². The maximum Gasteiger partial charge on any atom is 0.231 e. The Bertz CT molecular complexity index is 571. The van der Waals surface area contributed by atoms with Crippen LogP contribution in [0.1, 0.15) is 32.3 Å². The molecule has 2 N–H and O–H groups in total. The molecule has 0 bridgehead atoms. The van der Waals surface area contributed by atoms with E-state index in [0.29, 0.717) is 6.79 Å². The molecule has 0 spiro atoms. The summed E-state index contributed by atoms with van der Waals surface area (Å²) in [5, 5.41) is 6.82. The molecule has 0 amide bonds. The average Bonchev–Trinajstić information content (AvgIpc) is 3.22. The third kappa shape index (κ3) is 4.65. The van der Waals surface area contributed by atoms with Crippen molar-refractivity contribution < 1.29 is 9.47 Å². The molecule has 3 rings (SSSR count).